The Morgan fingerprint density at radius 3 is 2.71 bits per heavy atom. The van der Waals surface area contributed by atoms with E-state index in [0.717, 1.165) is 12.8 Å². The van der Waals surface area contributed by atoms with Crippen molar-refractivity contribution in [2.24, 2.45) is 0 Å². The van der Waals surface area contributed by atoms with Crippen molar-refractivity contribution < 1.29 is 0 Å². The third kappa shape index (κ3) is 6.22. The Morgan fingerprint density at radius 1 is 1.57 bits per heavy atom. The lowest BCUT2D eigenvalue weighted by atomic mass is 10.3. The molecule has 41 valence electrons. The van der Waals surface area contributed by atoms with Crippen LogP contribution in [0.2, 0.25) is 0 Å². The first-order valence-electron chi connectivity index (χ1n) is 2.48. The number of halogens is 1. The third-order valence-corrected chi connectivity index (χ3v) is 1.05. The van der Waals surface area contributed by atoms with Gasteiger partial charge in [-0.05, 0) is 17.8 Å². The molecule has 0 aromatic rings. The maximum absolute atomic E-state index is 3.18. The molecule has 0 heterocycles. The van der Waals surface area contributed by atoms with Crippen LogP contribution in [0.4, 0.5) is 0 Å². The maximum Gasteiger partial charge on any atom is -0.0229 e. The van der Waals surface area contributed by atoms with Crippen LogP contribution in [0.3, 0.4) is 0 Å². The smallest absolute Gasteiger partial charge is 0.0229 e. The second kappa shape index (κ2) is 6.22. The number of unbranched alkanes of at least 4 members (excludes halogenated alkanes) is 2. The van der Waals surface area contributed by atoms with E-state index in [2.05, 4.69) is 35.4 Å². The van der Waals surface area contributed by atoms with E-state index < -0.39 is 0 Å². The highest BCUT2D eigenvalue weighted by Gasteiger charge is 1.74. The minimum absolute atomic E-state index is 1.09. The highest BCUT2D eigenvalue weighted by Crippen LogP contribution is 1.94. The van der Waals surface area contributed by atoms with Crippen LogP contribution in [0, 0.1) is 6.42 Å². The summed E-state index contributed by atoms with van der Waals surface area (Å²) in [6.45, 7) is 2.14. The molecule has 7 heavy (non-hydrogen) atoms. The predicted molar refractivity (Wildman–Crippen MR) is 37.3 cm³/mol. The lowest BCUT2D eigenvalue weighted by Gasteiger charge is -1.82. The van der Waals surface area contributed by atoms with Gasteiger partial charge in [-0.25, -0.2) is 0 Å². The molecule has 0 nitrogen and oxygen atoms in total. The van der Waals surface area contributed by atoms with Crippen molar-refractivity contribution in [2.45, 2.75) is 19.8 Å². The first-order valence-corrected chi connectivity index (χ1v) is 3.40. The summed E-state index contributed by atoms with van der Waals surface area (Å²) in [4.78, 5) is 1.89. The Bertz CT molecular complexity index is 48.1. The molecule has 0 aliphatic heterocycles. The van der Waals surface area contributed by atoms with Crippen LogP contribution in [0.1, 0.15) is 19.8 Å². The van der Waals surface area contributed by atoms with Gasteiger partial charge in [0.25, 0.3) is 0 Å². The van der Waals surface area contributed by atoms with E-state index >= 15 is 0 Å². The molecule has 0 aliphatic carbocycles. The van der Waals surface area contributed by atoms with Crippen molar-refractivity contribution in [1.29, 1.82) is 0 Å². The fraction of sp³-hybridized carbons (Fsp3) is 0.500. The SMILES string of the molecule is CC[CH]CC=CBr. The minimum Gasteiger partial charge on any atom is -0.0773 e. The van der Waals surface area contributed by atoms with Crippen LogP contribution in [0.5, 0.6) is 0 Å². The largest absolute Gasteiger partial charge is 0.0773 e. The second-order valence-electron chi connectivity index (χ2n) is 1.29. The molecule has 1 radical (unpaired) electrons. The van der Waals surface area contributed by atoms with Gasteiger partial charge in [-0.3, -0.25) is 0 Å². The average molecular weight is 162 g/mol. The van der Waals surface area contributed by atoms with E-state index in [-0.39, 0.29) is 0 Å². The van der Waals surface area contributed by atoms with E-state index in [0.29, 0.717) is 0 Å². The first-order chi connectivity index (χ1) is 3.41. The van der Waals surface area contributed by atoms with Gasteiger partial charge in [0, 0.05) is 0 Å². The Balaban J connectivity index is 2.69. The van der Waals surface area contributed by atoms with Gasteiger partial charge in [-0.1, -0.05) is 35.4 Å². The number of rotatable bonds is 3. The lowest BCUT2D eigenvalue weighted by molar-refractivity contribution is 1.03. The molecule has 0 rings (SSSR count). The van der Waals surface area contributed by atoms with Crippen molar-refractivity contribution in [1.82, 2.24) is 0 Å². The summed E-state index contributed by atoms with van der Waals surface area (Å²) in [5, 5.41) is 0. The summed E-state index contributed by atoms with van der Waals surface area (Å²) in [5.74, 6) is 0. The summed E-state index contributed by atoms with van der Waals surface area (Å²) in [6, 6.07) is 0. The summed E-state index contributed by atoms with van der Waals surface area (Å²) in [7, 11) is 0. The van der Waals surface area contributed by atoms with Gasteiger partial charge in [0.15, 0.2) is 0 Å². The number of hydrogen-bond donors (Lipinski definition) is 0. The van der Waals surface area contributed by atoms with E-state index in [1.54, 1.807) is 0 Å². The molecule has 0 aromatic heterocycles. The van der Waals surface area contributed by atoms with Gasteiger partial charge in [0.1, 0.15) is 0 Å². The highest BCUT2D eigenvalue weighted by molar-refractivity contribution is 9.11. The predicted octanol–water partition coefficient (Wildman–Crippen LogP) is 2.90. The Labute approximate surface area is 53.7 Å². The van der Waals surface area contributed by atoms with Crippen LogP contribution < -0.4 is 0 Å². The quantitative estimate of drug-likeness (QED) is 0.559. The zero-order valence-electron chi connectivity index (χ0n) is 4.52. The van der Waals surface area contributed by atoms with E-state index in [1.165, 1.54) is 0 Å². The summed E-state index contributed by atoms with van der Waals surface area (Å²) in [6.07, 6.45) is 6.54. The molecular formula is C6H10Br. The Hall–Kier alpha value is 0.220. The normalized spacial score (nSPS) is 10.6. The van der Waals surface area contributed by atoms with Gasteiger partial charge in [-0.2, -0.15) is 0 Å². The average Bonchev–Trinajstić information content (AvgIpc) is 1.69. The van der Waals surface area contributed by atoms with Crippen LogP contribution in [-0.4, -0.2) is 0 Å². The molecule has 0 aliphatic rings. The van der Waals surface area contributed by atoms with Crippen molar-refractivity contribution >= 4 is 15.9 Å². The lowest BCUT2D eigenvalue weighted by Crippen LogP contribution is -1.64. The van der Waals surface area contributed by atoms with Gasteiger partial charge in [0.05, 0.1) is 0 Å². The number of hydrogen-bond acceptors (Lipinski definition) is 0. The van der Waals surface area contributed by atoms with Crippen LogP contribution in [0.25, 0.3) is 0 Å². The topological polar surface area (TPSA) is 0 Å². The fourth-order valence-corrected chi connectivity index (χ4v) is 0.530. The summed E-state index contributed by atoms with van der Waals surface area (Å²) >= 11 is 3.18. The molecule has 0 bridgehead atoms. The first kappa shape index (κ1) is 7.22. The molecular weight excluding hydrogens is 152 g/mol. The van der Waals surface area contributed by atoms with Crippen LogP contribution in [0.15, 0.2) is 11.1 Å². The Morgan fingerprint density at radius 2 is 2.29 bits per heavy atom. The fourth-order valence-electron chi connectivity index (χ4n) is 0.314. The van der Waals surface area contributed by atoms with Gasteiger partial charge < -0.3 is 0 Å². The zero-order valence-corrected chi connectivity index (χ0v) is 6.11. The van der Waals surface area contributed by atoms with E-state index in [9.17, 15) is 0 Å². The molecule has 0 N–H and O–H groups in total. The van der Waals surface area contributed by atoms with Crippen molar-refractivity contribution in [3.05, 3.63) is 17.5 Å². The molecule has 0 saturated carbocycles. The molecule has 0 fully saturated rings. The molecule has 1 heteroatoms. The standard InChI is InChI=1S/C6H10Br/c1-2-3-4-5-6-7/h3,5-6H,2,4H2,1H3. The summed E-state index contributed by atoms with van der Waals surface area (Å²) in [5.41, 5.74) is 0. The van der Waals surface area contributed by atoms with Gasteiger partial charge in [-0.15, -0.1) is 0 Å². The van der Waals surface area contributed by atoms with Crippen molar-refractivity contribution in [3.63, 3.8) is 0 Å². The van der Waals surface area contributed by atoms with E-state index in [1.807, 2.05) is 4.99 Å². The van der Waals surface area contributed by atoms with Gasteiger partial charge in [0.2, 0.25) is 0 Å². The monoisotopic (exact) mass is 161 g/mol. The maximum atomic E-state index is 3.18. The van der Waals surface area contributed by atoms with E-state index in [4.69, 9.17) is 0 Å². The minimum atomic E-state index is 1.09. The molecule has 0 atom stereocenters. The molecule has 0 spiro atoms. The second-order valence-corrected chi connectivity index (χ2v) is 1.82. The zero-order chi connectivity index (χ0) is 5.54. The van der Waals surface area contributed by atoms with Crippen LogP contribution >= 0.6 is 15.9 Å². The van der Waals surface area contributed by atoms with Crippen LogP contribution in [-0.2, 0) is 0 Å². The molecule has 0 aromatic carbocycles. The number of allylic oxidation sites excluding steroid dienone is 1. The third-order valence-electron chi connectivity index (χ3n) is 0.681. The highest BCUT2D eigenvalue weighted by atomic mass is 79.9. The van der Waals surface area contributed by atoms with Crippen molar-refractivity contribution in [2.75, 3.05) is 0 Å². The van der Waals surface area contributed by atoms with Crippen molar-refractivity contribution in [3.8, 4) is 0 Å². The summed E-state index contributed by atoms with van der Waals surface area (Å²) < 4.78 is 0. The van der Waals surface area contributed by atoms with Gasteiger partial charge >= 0.3 is 0 Å². The molecule has 0 saturated heterocycles. The molecule has 0 unspecified atom stereocenters. The molecule has 0 amide bonds. The Kier molecular flexibility index (Phi) is 6.42.